The molecule has 2 aromatic rings. The molecule has 0 saturated carbocycles. The Hall–Kier alpha value is -2.21. The fraction of sp³-hybridized carbons (Fsp3) is 0.0714. The van der Waals surface area contributed by atoms with Crippen molar-refractivity contribution in [2.45, 2.75) is 10.9 Å². The van der Waals surface area contributed by atoms with Gasteiger partial charge in [0.15, 0.2) is 5.16 Å². The van der Waals surface area contributed by atoms with Crippen LogP contribution >= 0.6 is 11.8 Å². The minimum Gasteiger partial charge on any atom is -0.478 e. The summed E-state index contributed by atoms with van der Waals surface area (Å²) in [5.74, 6) is -0.958. The molecule has 0 amide bonds. The van der Waals surface area contributed by atoms with E-state index in [0.29, 0.717) is 16.5 Å². The summed E-state index contributed by atoms with van der Waals surface area (Å²) >= 11 is 1.39. The van der Waals surface area contributed by atoms with E-state index in [0.717, 1.165) is 11.6 Å². The maximum Gasteiger partial charge on any atom is 0.328 e. The number of thioether (sulfide) groups is 1. The van der Waals surface area contributed by atoms with Gasteiger partial charge >= 0.3 is 5.97 Å². The van der Waals surface area contributed by atoms with E-state index in [2.05, 4.69) is 9.97 Å². The zero-order chi connectivity index (χ0) is 14.4. The average molecular weight is 290 g/mol. The molecule has 1 N–H and O–H groups in total. The largest absolute Gasteiger partial charge is 0.478 e. The maximum absolute atomic E-state index is 13.5. The van der Waals surface area contributed by atoms with Gasteiger partial charge in [-0.3, -0.25) is 0 Å². The van der Waals surface area contributed by atoms with Crippen molar-refractivity contribution in [2.75, 3.05) is 0 Å². The van der Waals surface area contributed by atoms with Gasteiger partial charge in [0.2, 0.25) is 0 Å². The number of hydrogen-bond acceptors (Lipinski definition) is 4. The van der Waals surface area contributed by atoms with Crippen molar-refractivity contribution in [3.8, 4) is 0 Å². The minimum absolute atomic E-state index is 0.401. The van der Waals surface area contributed by atoms with E-state index < -0.39 is 11.8 Å². The fourth-order valence-corrected chi connectivity index (χ4v) is 2.26. The van der Waals surface area contributed by atoms with Gasteiger partial charge in [-0.2, -0.15) is 0 Å². The van der Waals surface area contributed by atoms with Crippen LogP contribution in [0.15, 0.2) is 47.9 Å². The predicted octanol–water partition coefficient (Wildman–Crippen LogP) is 3.01. The number of aliphatic carboxylic acids is 1. The lowest BCUT2D eigenvalue weighted by atomic mass is 10.1. The molecule has 0 aliphatic heterocycles. The summed E-state index contributed by atoms with van der Waals surface area (Å²) in [4.78, 5) is 18.6. The van der Waals surface area contributed by atoms with Crippen LogP contribution in [0.4, 0.5) is 4.39 Å². The first kappa shape index (κ1) is 14.2. The molecule has 102 valence electrons. The summed E-state index contributed by atoms with van der Waals surface area (Å²) in [6, 6.07) is 6.15. The number of carboxylic acid groups (broad SMARTS) is 1. The molecule has 6 heteroatoms. The highest BCUT2D eigenvalue weighted by molar-refractivity contribution is 7.98. The van der Waals surface area contributed by atoms with Crippen molar-refractivity contribution in [2.24, 2.45) is 0 Å². The quantitative estimate of drug-likeness (QED) is 0.521. The van der Waals surface area contributed by atoms with E-state index in [1.807, 2.05) is 0 Å². The van der Waals surface area contributed by atoms with Gasteiger partial charge in [0.1, 0.15) is 5.82 Å². The summed E-state index contributed by atoms with van der Waals surface area (Å²) in [6.45, 7) is 0. The van der Waals surface area contributed by atoms with Crippen LogP contribution in [-0.2, 0) is 10.5 Å². The lowest BCUT2D eigenvalue weighted by Gasteiger charge is -2.03. The van der Waals surface area contributed by atoms with Gasteiger partial charge in [0, 0.05) is 24.2 Å². The normalized spacial score (nSPS) is 10.8. The summed E-state index contributed by atoms with van der Waals surface area (Å²) in [5, 5.41) is 9.17. The molecule has 0 aliphatic rings. The second-order valence-corrected chi connectivity index (χ2v) is 4.83. The van der Waals surface area contributed by atoms with Gasteiger partial charge in [-0.25, -0.2) is 19.2 Å². The van der Waals surface area contributed by atoms with E-state index in [1.165, 1.54) is 30.0 Å². The Balaban J connectivity index is 2.10. The number of hydrogen-bond donors (Lipinski definition) is 1. The number of rotatable bonds is 5. The van der Waals surface area contributed by atoms with Crippen molar-refractivity contribution >= 4 is 23.8 Å². The van der Waals surface area contributed by atoms with Crippen molar-refractivity contribution < 1.29 is 14.3 Å². The van der Waals surface area contributed by atoms with Crippen LogP contribution < -0.4 is 0 Å². The number of halogens is 1. The number of benzene rings is 1. The third-order valence-corrected chi connectivity index (χ3v) is 3.25. The van der Waals surface area contributed by atoms with Gasteiger partial charge in [-0.15, -0.1) is 0 Å². The molecule has 1 aromatic carbocycles. The predicted molar refractivity (Wildman–Crippen MR) is 74.7 cm³/mol. The summed E-state index contributed by atoms with van der Waals surface area (Å²) < 4.78 is 13.5. The zero-order valence-electron chi connectivity index (χ0n) is 10.4. The van der Waals surface area contributed by atoms with Crippen molar-refractivity contribution in [3.05, 3.63) is 59.7 Å². The molecule has 0 radical (unpaired) electrons. The standard InChI is InChI=1S/C14H11FN2O2S/c15-12-7-10(2-3-13(18)19)6-11(8-12)9-20-14-16-4-1-5-17-14/h1-8H,9H2,(H,18,19). The van der Waals surface area contributed by atoms with E-state index >= 15 is 0 Å². The Labute approximate surface area is 119 Å². The molecule has 1 heterocycles. The highest BCUT2D eigenvalue weighted by atomic mass is 32.2. The van der Waals surface area contributed by atoms with Crippen LogP contribution in [0, 0.1) is 5.82 Å². The lowest BCUT2D eigenvalue weighted by Crippen LogP contribution is -1.90. The van der Waals surface area contributed by atoms with Crippen LogP contribution in [-0.4, -0.2) is 21.0 Å². The highest BCUT2D eigenvalue weighted by Crippen LogP contribution is 2.20. The number of carbonyl (C=O) groups is 1. The third-order valence-electron chi connectivity index (χ3n) is 2.31. The molecule has 0 atom stereocenters. The van der Waals surface area contributed by atoms with Crippen LogP contribution in [0.2, 0.25) is 0 Å². The van der Waals surface area contributed by atoms with E-state index in [1.54, 1.807) is 24.5 Å². The first-order valence-corrected chi connectivity index (χ1v) is 6.72. The van der Waals surface area contributed by atoms with Crippen molar-refractivity contribution in [1.29, 1.82) is 0 Å². The Bertz CT molecular complexity index is 632. The molecule has 0 saturated heterocycles. The van der Waals surface area contributed by atoms with Gasteiger partial charge in [-0.05, 0) is 35.4 Å². The molecule has 0 fully saturated rings. The molecule has 2 rings (SSSR count). The number of aromatic nitrogens is 2. The van der Waals surface area contributed by atoms with E-state index in [-0.39, 0.29) is 0 Å². The van der Waals surface area contributed by atoms with Crippen molar-refractivity contribution in [1.82, 2.24) is 9.97 Å². The van der Waals surface area contributed by atoms with Crippen molar-refractivity contribution in [3.63, 3.8) is 0 Å². The van der Waals surface area contributed by atoms with Crippen LogP contribution in [0.5, 0.6) is 0 Å². The number of nitrogens with zero attached hydrogens (tertiary/aromatic N) is 2. The molecule has 0 spiro atoms. The molecular weight excluding hydrogens is 279 g/mol. The molecule has 4 nitrogen and oxygen atoms in total. The second kappa shape index (κ2) is 6.81. The van der Waals surface area contributed by atoms with Gasteiger partial charge in [0.25, 0.3) is 0 Å². The van der Waals surface area contributed by atoms with Crippen LogP contribution in [0.3, 0.4) is 0 Å². The summed E-state index contributed by atoms with van der Waals surface area (Å²) in [5.41, 5.74) is 1.25. The summed E-state index contributed by atoms with van der Waals surface area (Å²) in [6.07, 6.45) is 5.62. The Morgan fingerprint density at radius 1 is 1.30 bits per heavy atom. The Kier molecular flexibility index (Phi) is 4.84. The SMILES string of the molecule is O=C(O)C=Cc1cc(F)cc(CSc2ncccn2)c1. The fourth-order valence-electron chi connectivity index (χ4n) is 1.53. The zero-order valence-corrected chi connectivity index (χ0v) is 11.2. The van der Waals surface area contributed by atoms with Gasteiger partial charge in [0.05, 0.1) is 0 Å². The Morgan fingerprint density at radius 3 is 2.75 bits per heavy atom. The Morgan fingerprint density at radius 2 is 2.05 bits per heavy atom. The molecular formula is C14H11FN2O2S. The second-order valence-electron chi connectivity index (χ2n) is 3.88. The molecule has 0 unspecified atom stereocenters. The average Bonchev–Trinajstić information content (AvgIpc) is 2.44. The monoisotopic (exact) mass is 290 g/mol. The summed E-state index contributed by atoms with van der Waals surface area (Å²) in [7, 11) is 0. The van der Waals surface area contributed by atoms with Gasteiger partial charge < -0.3 is 5.11 Å². The van der Waals surface area contributed by atoms with Gasteiger partial charge in [-0.1, -0.05) is 17.8 Å². The minimum atomic E-state index is -1.07. The molecule has 20 heavy (non-hydrogen) atoms. The maximum atomic E-state index is 13.5. The van der Waals surface area contributed by atoms with E-state index in [9.17, 15) is 9.18 Å². The third kappa shape index (κ3) is 4.47. The van der Waals surface area contributed by atoms with Crippen LogP contribution in [0.1, 0.15) is 11.1 Å². The highest BCUT2D eigenvalue weighted by Gasteiger charge is 2.02. The molecule has 0 bridgehead atoms. The van der Waals surface area contributed by atoms with E-state index in [4.69, 9.17) is 5.11 Å². The topological polar surface area (TPSA) is 63.1 Å². The molecule has 1 aromatic heterocycles. The lowest BCUT2D eigenvalue weighted by molar-refractivity contribution is -0.131. The first-order valence-electron chi connectivity index (χ1n) is 5.74. The first-order chi connectivity index (χ1) is 9.63. The smallest absolute Gasteiger partial charge is 0.328 e. The molecule has 0 aliphatic carbocycles. The van der Waals surface area contributed by atoms with Crippen LogP contribution in [0.25, 0.3) is 6.08 Å². The number of carboxylic acids is 1.